The third-order valence-electron chi connectivity index (χ3n) is 3.72. The summed E-state index contributed by atoms with van der Waals surface area (Å²) in [6.45, 7) is 1.78. The Balaban J connectivity index is 1.66. The number of hydrogen-bond donors (Lipinski definition) is 1. The average Bonchev–Trinajstić information content (AvgIpc) is 3.00. The van der Waals surface area contributed by atoms with Gasteiger partial charge >= 0.3 is 0 Å². The second-order valence-corrected chi connectivity index (χ2v) is 5.48. The number of likely N-dealkylation sites (tertiary alicyclic amines) is 1. The number of rotatable bonds is 4. The van der Waals surface area contributed by atoms with Gasteiger partial charge in [-0.15, -0.1) is 0 Å². The molecule has 0 aliphatic carbocycles. The van der Waals surface area contributed by atoms with Gasteiger partial charge in [-0.2, -0.15) is 0 Å². The maximum atomic E-state index is 12.4. The van der Waals surface area contributed by atoms with E-state index >= 15 is 0 Å². The van der Waals surface area contributed by atoms with E-state index in [4.69, 9.17) is 10.5 Å². The number of benzene rings is 1. The lowest BCUT2D eigenvalue weighted by Gasteiger charge is -2.16. The summed E-state index contributed by atoms with van der Waals surface area (Å²) in [5.74, 6) is 0.693. The number of carbonyl (C=O) groups excluding carboxylic acids is 1. The zero-order chi connectivity index (χ0) is 15.4. The van der Waals surface area contributed by atoms with E-state index in [9.17, 15) is 4.79 Å². The highest BCUT2D eigenvalue weighted by atomic mass is 16.5. The number of aromatic nitrogens is 1. The summed E-state index contributed by atoms with van der Waals surface area (Å²) in [4.78, 5) is 18.3. The lowest BCUT2D eigenvalue weighted by Crippen LogP contribution is -2.31. The van der Waals surface area contributed by atoms with Crippen molar-refractivity contribution in [2.75, 3.05) is 13.1 Å². The van der Waals surface area contributed by atoms with Crippen LogP contribution in [0.1, 0.15) is 22.3 Å². The van der Waals surface area contributed by atoms with Crippen molar-refractivity contribution < 1.29 is 9.53 Å². The van der Waals surface area contributed by atoms with Gasteiger partial charge in [-0.1, -0.05) is 12.1 Å². The van der Waals surface area contributed by atoms with Gasteiger partial charge in [-0.25, -0.2) is 0 Å². The highest BCUT2D eigenvalue weighted by molar-refractivity contribution is 5.94. The molecule has 5 nitrogen and oxygen atoms in total. The van der Waals surface area contributed by atoms with Crippen molar-refractivity contribution in [2.24, 2.45) is 5.73 Å². The molecule has 0 bridgehead atoms. The second kappa shape index (κ2) is 6.58. The van der Waals surface area contributed by atoms with Crippen LogP contribution in [-0.2, 0) is 6.61 Å². The minimum atomic E-state index is 0.0137. The Kier molecular flexibility index (Phi) is 4.34. The Bertz CT molecular complexity index is 645. The molecule has 5 heteroatoms. The molecule has 2 heterocycles. The third-order valence-corrected chi connectivity index (χ3v) is 3.72. The lowest BCUT2D eigenvalue weighted by molar-refractivity contribution is 0.0790. The zero-order valence-corrected chi connectivity index (χ0v) is 12.3. The topological polar surface area (TPSA) is 68.5 Å². The number of pyridine rings is 1. The first-order valence-electron chi connectivity index (χ1n) is 7.39. The monoisotopic (exact) mass is 297 g/mol. The van der Waals surface area contributed by atoms with Crippen LogP contribution in [0.15, 0.2) is 48.8 Å². The predicted octanol–water partition coefficient (Wildman–Crippen LogP) is 1.83. The van der Waals surface area contributed by atoms with Crippen LogP contribution in [0.25, 0.3) is 0 Å². The summed E-state index contributed by atoms with van der Waals surface area (Å²) in [5, 5.41) is 0. The van der Waals surface area contributed by atoms with Crippen LogP contribution in [0.5, 0.6) is 5.75 Å². The van der Waals surface area contributed by atoms with Crippen molar-refractivity contribution in [2.45, 2.75) is 19.1 Å². The van der Waals surface area contributed by atoms with Crippen LogP contribution in [0, 0.1) is 0 Å². The van der Waals surface area contributed by atoms with Gasteiger partial charge in [-0.05, 0) is 30.7 Å². The lowest BCUT2D eigenvalue weighted by atomic mass is 10.2. The number of ether oxygens (including phenoxy) is 1. The molecule has 114 valence electrons. The molecule has 3 rings (SSSR count). The molecule has 1 aromatic heterocycles. The number of hydrogen-bond acceptors (Lipinski definition) is 4. The predicted molar refractivity (Wildman–Crippen MR) is 83.5 cm³/mol. The van der Waals surface area contributed by atoms with Gasteiger partial charge in [0.15, 0.2) is 0 Å². The summed E-state index contributed by atoms with van der Waals surface area (Å²) >= 11 is 0. The van der Waals surface area contributed by atoms with E-state index in [1.165, 1.54) is 0 Å². The molecule has 2 N–H and O–H groups in total. The summed E-state index contributed by atoms with van der Waals surface area (Å²) in [5.41, 5.74) is 7.49. The summed E-state index contributed by atoms with van der Waals surface area (Å²) < 4.78 is 5.73. The first-order valence-corrected chi connectivity index (χ1v) is 7.39. The minimum Gasteiger partial charge on any atom is -0.489 e. The van der Waals surface area contributed by atoms with E-state index in [1.54, 1.807) is 23.4 Å². The molecule has 1 fully saturated rings. The normalized spacial score (nSPS) is 17.5. The van der Waals surface area contributed by atoms with Gasteiger partial charge in [-0.3, -0.25) is 9.78 Å². The summed E-state index contributed by atoms with van der Waals surface area (Å²) in [6.07, 6.45) is 4.35. The van der Waals surface area contributed by atoms with Gasteiger partial charge in [0.05, 0.1) is 0 Å². The van der Waals surface area contributed by atoms with E-state index in [2.05, 4.69) is 4.98 Å². The van der Waals surface area contributed by atoms with Crippen molar-refractivity contribution in [1.29, 1.82) is 0 Å². The van der Waals surface area contributed by atoms with Gasteiger partial charge in [0.25, 0.3) is 5.91 Å². The summed E-state index contributed by atoms with van der Waals surface area (Å²) in [7, 11) is 0. The van der Waals surface area contributed by atoms with E-state index < -0.39 is 0 Å². The smallest absolute Gasteiger partial charge is 0.254 e. The molecular formula is C17H19N3O2. The van der Waals surface area contributed by atoms with Crippen molar-refractivity contribution in [3.05, 3.63) is 59.9 Å². The minimum absolute atomic E-state index is 0.0137. The molecule has 0 spiro atoms. The van der Waals surface area contributed by atoms with E-state index in [0.29, 0.717) is 24.5 Å². The van der Waals surface area contributed by atoms with Gasteiger partial charge in [0, 0.05) is 42.7 Å². The van der Waals surface area contributed by atoms with E-state index in [0.717, 1.165) is 18.5 Å². The standard InChI is InChI=1S/C17H19N3O2/c18-15-6-8-20(11-15)17(21)14-4-1-5-16(9-14)22-12-13-3-2-7-19-10-13/h1-5,7,9-10,15H,6,8,11-12,18H2/t15-/m1/s1. The first-order chi connectivity index (χ1) is 10.7. The van der Waals surface area contributed by atoms with Crippen LogP contribution in [-0.4, -0.2) is 34.9 Å². The molecule has 0 unspecified atom stereocenters. The first kappa shape index (κ1) is 14.5. The maximum Gasteiger partial charge on any atom is 0.254 e. The van der Waals surface area contributed by atoms with Crippen molar-refractivity contribution in [3.8, 4) is 5.75 Å². The maximum absolute atomic E-state index is 12.4. The molecule has 1 atom stereocenters. The quantitative estimate of drug-likeness (QED) is 0.935. The highest BCUT2D eigenvalue weighted by Crippen LogP contribution is 2.18. The van der Waals surface area contributed by atoms with Gasteiger partial charge in [0.1, 0.15) is 12.4 Å². The van der Waals surface area contributed by atoms with Crippen LogP contribution in [0.4, 0.5) is 0 Å². The fourth-order valence-corrected chi connectivity index (χ4v) is 2.52. The fraction of sp³-hybridized carbons (Fsp3) is 0.294. The van der Waals surface area contributed by atoms with Crippen molar-refractivity contribution in [1.82, 2.24) is 9.88 Å². The number of nitrogens with zero attached hydrogens (tertiary/aromatic N) is 2. The van der Waals surface area contributed by atoms with Crippen LogP contribution in [0.2, 0.25) is 0 Å². The molecule has 2 aromatic rings. The Labute approximate surface area is 129 Å². The molecule has 1 aromatic carbocycles. The third kappa shape index (κ3) is 3.43. The van der Waals surface area contributed by atoms with E-state index in [-0.39, 0.29) is 11.9 Å². The van der Waals surface area contributed by atoms with Gasteiger partial charge < -0.3 is 15.4 Å². The summed E-state index contributed by atoms with van der Waals surface area (Å²) in [6, 6.07) is 11.2. The Morgan fingerprint density at radius 2 is 2.27 bits per heavy atom. The van der Waals surface area contributed by atoms with Crippen LogP contribution < -0.4 is 10.5 Å². The van der Waals surface area contributed by atoms with Gasteiger partial charge in [0.2, 0.25) is 0 Å². The number of carbonyl (C=O) groups is 1. The average molecular weight is 297 g/mol. The molecular weight excluding hydrogens is 278 g/mol. The number of amides is 1. The van der Waals surface area contributed by atoms with Crippen molar-refractivity contribution >= 4 is 5.91 Å². The molecule has 1 saturated heterocycles. The van der Waals surface area contributed by atoms with Crippen molar-refractivity contribution in [3.63, 3.8) is 0 Å². The Morgan fingerprint density at radius 3 is 3.00 bits per heavy atom. The Hall–Kier alpha value is -2.40. The molecule has 0 saturated carbocycles. The molecule has 1 amide bonds. The largest absolute Gasteiger partial charge is 0.489 e. The highest BCUT2D eigenvalue weighted by Gasteiger charge is 2.24. The molecule has 1 aliphatic rings. The van der Waals surface area contributed by atoms with Crippen LogP contribution in [0.3, 0.4) is 0 Å². The van der Waals surface area contributed by atoms with E-state index in [1.807, 2.05) is 30.3 Å². The molecule has 0 radical (unpaired) electrons. The van der Waals surface area contributed by atoms with Crippen LogP contribution >= 0.6 is 0 Å². The fourth-order valence-electron chi connectivity index (χ4n) is 2.52. The molecule has 22 heavy (non-hydrogen) atoms. The Morgan fingerprint density at radius 1 is 1.36 bits per heavy atom. The second-order valence-electron chi connectivity index (χ2n) is 5.48. The molecule has 1 aliphatic heterocycles. The number of nitrogens with two attached hydrogens (primary N) is 1. The zero-order valence-electron chi connectivity index (χ0n) is 12.3. The SMILES string of the molecule is N[C@@H]1CCN(C(=O)c2cccc(OCc3cccnc3)c2)C1.